The first-order valence-electron chi connectivity index (χ1n) is 8.16. The van der Waals surface area contributed by atoms with E-state index in [1.54, 1.807) is 24.0 Å². The Bertz CT molecular complexity index is 744. The number of piperidine rings is 1. The van der Waals surface area contributed by atoms with E-state index in [0.29, 0.717) is 31.6 Å². The molecule has 6 nitrogen and oxygen atoms in total. The first-order chi connectivity index (χ1) is 11.4. The Balaban J connectivity index is 0.00000225. The summed E-state index contributed by atoms with van der Waals surface area (Å²) in [7, 11) is -3.90. The summed E-state index contributed by atoms with van der Waals surface area (Å²) >= 11 is 0. The Morgan fingerprint density at radius 2 is 2.04 bits per heavy atom. The summed E-state index contributed by atoms with van der Waals surface area (Å²) in [5, 5.41) is 3.01. The number of carbonyl (C=O) groups is 1. The Labute approximate surface area is 153 Å². The summed E-state index contributed by atoms with van der Waals surface area (Å²) in [6, 6.07) is 4.26. The van der Waals surface area contributed by atoms with Crippen LogP contribution < -0.4 is 5.32 Å². The van der Waals surface area contributed by atoms with Gasteiger partial charge in [0.15, 0.2) is 0 Å². The van der Waals surface area contributed by atoms with Crippen molar-refractivity contribution in [1.29, 1.82) is 0 Å². The third kappa shape index (κ3) is 3.97. The number of aryl methyl sites for hydroxylation is 1. The number of amides is 1. The number of nitrogens with zero attached hydrogens (tertiary/aromatic N) is 2. The second-order valence-corrected chi connectivity index (χ2v) is 8.22. The lowest BCUT2D eigenvalue weighted by Gasteiger charge is -2.40. The molecular formula is C16H23ClFN3O3S. The van der Waals surface area contributed by atoms with Gasteiger partial charge in [0, 0.05) is 32.2 Å². The van der Waals surface area contributed by atoms with Gasteiger partial charge >= 0.3 is 0 Å². The second-order valence-electron chi connectivity index (χ2n) is 6.31. The first-order valence-corrected chi connectivity index (χ1v) is 9.60. The molecule has 0 aromatic heterocycles. The average molecular weight is 392 g/mol. The third-order valence-electron chi connectivity index (χ3n) is 4.70. The summed E-state index contributed by atoms with van der Waals surface area (Å²) in [4.78, 5) is 13.5. The number of hydrogen-bond donors (Lipinski definition) is 1. The summed E-state index contributed by atoms with van der Waals surface area (Å²) in [6.45, 7) is 3.70. The van der Waals surface area contributed by atoms with Crippen LogP contribution in [0.25, 0.3) is 0 Å². The van der Waals surface area contributed by atoms with Crippen LogP contribution in [0.2, 0.25) is 0 Å². The van der Waals surface area contributed by atoms with Crippen LogP contribution in [0.4, 0.5) is 4.39 Å². The molecule has 1 amide bonds. The van der Waals surface area contributed by atoms with Crippen molar-refractivity contribution < 1.29 is 17.6 Å². The molecule has 2 aliphatic rings. The maximum Gasteiger partial charge on any atom is 0.246 e. The molecular weight excluding hydrogens is 369 g/mol. The number of rotatable bonds is 3. The van der Waals surface area contributed by atoms with Crippen LogP contribution in [-0.2, 0) is 14.8 Å². The van der Waals surface area contributed by atoms with E-state index in [0.717, 1.165) is 6.42 Å². The molecule has 25 heavy (non-hydrogen) atoms. The van der Waals surface area contributed by atoms with Gasteiger partial charge in [0.1, 0.15) is 10.7 Å². The lowest BCUT2D eigenvalue weighted by atomic mass is 10.1. The monoisotopic (exact) mass is 391 g/mol. The quantitative estimate of drug-likeness (QED) is 0.838. The predicted octanol–water partition coefficient (Wildman–Crippen LogP) is 1.14. The molecule has 3 rings (SSSR count). The SMILES string of the molecule is Cc1cccc(S(=O)(=O)N2CCCC(N3CCNCC3=O)C2)c1F.Cl. The topological polar surface area (TPSA) is 69.7 Å². The van der Waals surface area contributed by atoms with Gasteiger partial charge in [-0.05, 0) is 31.4 Å². The van der Waals surface area contributed by atoms with Crippen LogP contribution >= 0.6 is 12.4 Å². The van der Waals surface area contributed by atoms with Crippen molar-refractivity contribution in [3.05, 3.63) is 29.6 Å². The highest BCUT2D eigenvalue weighted by Gasteiger charge is 2.36. The van der Waals surface area contributed by atoms with Gasteiger partial charge in [-0.25, -0.2) is 12.8 Å². The van der Waals surface area contributed by atoms with Gasteiger partial charge in [-0.15, -0.1) is 12.4 Å². The fraction of sp³-hybridized carbons (Fsp3) is 0.562. The minimum absolute atomic E-state index is 0. The summed E-state index contributed by atoms with van der Waals surface area (Å²) in [5.74, 6) is -0.704. The number of halogens is 2. The molecule has 1 aromatic rings. The van der Waals surface area contributed by atoms with Crippen LogP contribution in [-0.4, -0.2) is 62.3 Å². The Hall–Kier alpha value is -1.22. The van der Waals surface area contributed by atoms with Crippen LogP contribution in [0.15, 0.2) is 23.1 Å². The Morgan fingerprint density at radius 3 is 2.76 bits per heavy atom. The summed E-state index contributed by atoms with van der Waals surface area (Å²) in [6.07, 6.45) is 1.43. The van der Waals surface area contributed by atoms with Crippen LogP contribution in [0.3, 0.4) is 0 Å². The smallest absolute Gasteiger partial charge is 0.246 e. The fourth-order valence-electron chi connectivity index (χ4n) is 3.36. The lowest BCUT2D eigenvalue weighted by molar-refractivity contribution is -0.135. The van der Waals surface area contributed by atoms with E-state index in [4.69, 9.17) is 0 Å². The predicted molar refractivity (Wildman–Crippen MR) is 94.7 cm³/mol. The summed E-state index contributed by atoms with van der Waals surface area (Å²) < 4.78 is 41.3. The van der Waals surface area contributed by atoms with Crippen molar-refractivity contribution in [2.45, 2.75) is 30.7 Å². The molecule has 2 fully saturated rings. The highest BCUT2D eigenvalue weighted by molar-refractivity contribution is 7.89. The van der Waals surface area contributed by atoms with E-state index in [-0.39, 0.29) is 42.3 Å². The highest BCUT2D eigenvalue weighted by Crippen LogP contribution is 2.26. The molecule has 1 atom stereocenters. The molecule has 1 aromatic carbocycles. The fourth-order valence-corrected chi connectivity index (χ4v) is 5.01. The van der Waals surface area contributed by atoms with E-state index in [9.17, 15) is 17.6 Å². The maximum absolute atomic E-state index is 14.3. The van der Waals surface area contributed by atoms with E-state index >= 15 is 0 Å². The standard InChI is InChI=1S/C16H22FN3O3S.ClH/c1-12-4-2-6-14(16(12)17)24(22,23)19-8-3-5-13(11-19)20-9-7-18-10-15(20)21;/h2,4,6,13,18H,3,5,7-11H2,1H3;1H. The van der Waals surface area contributed by atoms with Gasteiger partial charge < -0.3 is 10.2 Å². The molecule has 140 valence electrons. The molecule has 0 aliphatic carbocycles. The molecule has 9 heteroatoms. The molecule has 2 saturated heterocycles. The van der Waals surface area contributed by atoms with Gasteiger partial charge in [0.05, 0.1) is 6.54 Å². The van der Waals surface area contributed by atoms with Gasteiger partial charge in [0.2, 0.25) is 15.9 Å². The Kier molecular flexibility index (Phi) is 6.42. The van der Waals surface area contributed by atoms with E-state index in [1.165, 1.54) is 10.4 Å². The van der Waals surface area contributed by atoms with Gasteiger partial charge in [0.25, 0.3) is 0 Å². The van der Waals surface area contributed by atoms with Crippen LogP contribution in [0.5, 0.6) is 0 Å². The number of hydrogen-bond acceptors (Lipinski definition) is 4. The van der Waals surface area contributed by atoms with E-state index in [2.05, 4.69) is 5.32 Å². The normalized spacial score (nSPS) is 22.6. The van der Waals surface area contributed by atoms with E-state index < -0.39 is 15.8 Å². The van der Waals surface area contributed by atoms with Crippen molar-refractivity contribution >= 4 is 28.3 Å². The number of carbonyl (C=O) groups excluding carboxylic acids is 1. The molecule has 2 heterocycles. The largest absolute Gasteiger partial charge is 0.336 e. The van der Waals surface area contributed by atoms with Gasteiger partial charge in [-0.3, -0.25) is 4.79 Å². The molecule has 1 unspecified atom stereocenters. The minimum atomic E-state index is -3.90. The van der Waals surface area contributed by atoms with Crippen LogP contribution in [0.1, 0.15) is 18.4 Å². The van der Waals surface area contributed by atoms with Gasteiger partial charge in [-0.2, -0.15) is 4.31 Å². The number of benzene rings is 1. The zero-order valence-electron chi connectivity index (χ0n) is 14.1. The maximum atomic E-state index is 14.3. The Morgan fingerprint density at radius 1 is 1.28 bits per heavy atom. The lowest BCUT2D eigenvalue weighted by Crippen LogP contribution is -2.57. The molecule has 1 N–H and O–H groups in total. The summed E-state index contributed by atoms with van der Waals surface area (Å²) in [5.41, 5.74) is 0.307. The molecule has 0 spiro atoms. The van der Waals surface area contributed by atoms with Crippen molar-refractivity contribution in [3.63, 3.8) is 0 Å². The second kappa shape index (κ2) is 7.99. The number of sulfonamides is 1. The molecule has 0 bridgehead atoms. The molecule has 2 aliphatic heterocycles. The van der Waals surface area contributed by atoms with Crippen molar-refractivity contribution in [2.75, 3.05) is 32.7 Å². The first kappa shape index (κ1) is 20.1. The number of nitrogens with one attached hydrogen (secondary N) is 1. The van der Waals surface area contributed by atoms with Crippen molar-refractivity contribution in [2.24, 2.45) is 0 Å². The van der Waals surface area contributed by atoms with Crippen molar-refractivity contribution in [3.8, 4) is 0 Å². The van der Waals surface area contributed by atoms with Gasteiger partial charge in [-0.1, -0.05) is 12.1 Å². The highest BCUT2D eigenvalue weighted by atomic mass is 35.5. The zero-order chi connectivity index (χ0) is 17.3. The molecule has 0 saturated carbocycles. The number of piperazine rings is 1. The minimum Gasteiger partial charge on any atom is -0.336 e. The van der Waals surface area contributed by atoms with E-state index in [1.807, 2.05) is 0 Å². The zero-order valence-corrected chi connectivity index (χ0v) is 15.7. The average Bonchev–Trinajstić information content (AvgIpc) is 2.58. The molecule has 0 radical (unpaired) electrons. The van der Waals surface area contributed by atoms with Crippen LogP contribution in [0, 0.1) is 12.7 Å². The van der Waals surface area contributed by atoms with Crippen molar-refractivity contribution in [1.82, 2.24) is 14.5 Å². The third-order valence-corrected chi connectivity index (χ3v) is 6.58.